The zero-order valence-electron chi connectivity index (χ0n) is 15.0. The van der Waals surface area contributed by atoms with Gasteiger partial charge in [0.25, 0.3) is 5.91 Å². The third-order valence-electron chi connectivity index (χ3n) is 4.21. The number of amides is 1. The van der Waals surface area contributed by atoms with Crippen LogP contribution >= 0.6 is 11.6 Å². The molecule has 1 N–H and O–H groups in total. The first kappa shape index (κ1) is 17.5. The van der Waals surface area contributed by atoms with Gasteiger partial charge in [-0.25, -0.2) is 4.68 Å². The van der Waals surface area contributed by atoms with Crippen LogP contribution in [-0.4, -0.2) is 25.5 Å². The molecule has 7 heteroatoms. The second-order valence-electron chi connectivity index (χ2n) is 7.27. The van der Waals surface area contributed by atoms with Crippen LogP contribution in [0.2, 0.25) is 5.02 Å². The Hall–Kier alpha value is -2.34. The van der Waals surface area contributed by atoms with Gasteiger partial charge in [0.05, 0.1) is 17.8 Å². The van der Waals surface area contributed by atoms with E-state index in [1.165, 1.54) is 0 Å². The molecule has 3 aromatic rings. The molecule has 1 atom stereocenters. The second-order valence-corrected chi connectivity index (χ2v) is 7.71. The standard InChI is InChI=1S/C18H22ClN5O/c1-11(14-9-23(5)16-8-12(19)6-7-13(14)16)20-17(25)15-10-24(22-21-15)18(2,3)4/h6-11H,1-5H3,(H,20,25). The zero-order chi connectivity index (χ0) is 18.4. The number of aromatic nitrogens is 4. The summed E-state index contributed by atoms with van der Waals surface area (Å²) < 4.78 is 3.70. The smallest absolute Gasteiger partial charge is 0.273 e. The summed E-state index contributed by atoms with van der Waals surface area (Å²) in [5, 5.41) is 12.8. The number of hydrogen-bond donors (Lipinski definition) is 1. The molecule has 0 saturated carbocycles. The van der Waals surface area contributed by atoms with Crippen molar-refractivity contribution in [2.45, 2.75) is 39.3 Å². The third kappa shape index (κ3) is 3.39. The maximum Gasteiger partial charge on any atom is 0.273 e. The van der Waals surface area contributed by atoms with Gasteiger partial charge < -0.3 is 9.88 Å². The van der Waals surface area contributed by atoms with E-state index in [1.807, 2.05) is 63.7 Å². The SMILES string of the molecule is CC(NC(=O)c1cn(C(C)(C)C)nn1)c1cn(C)c2cc(Cl)ccc12. The number of fused-ring (bicyclic) bond motifs is 1. The number of benzene rings is 1. The van der Waals surface area contributed by atoms with Gasteiger partial charge in [0, 0.05) is 29.2 Å². The summed E-state index contributed by atoms with van der Waals surface area (Å²) in [5.74, 6) is -0.242. The molecule has 0 aliphatic heterocycles. The number of aryl methyl sites for hydroxylation is 1. The van der Waals surface area contributed by atoms with E-state index >= 15 is 0 Å². The molecule has 2 heterocycles. The van der Waals surface area contributed by atoms with Gasteiger partial charge in [-0.3, -0.25) is 4.79 Å². The summed E-state index contributed by atoms with van der Waals surface area (Å²) >= 11 is 6.08. The lowest BCUT2D eigenvalue weighted by atomic mass is 10.1. The Morgan fingerprint density at radius 1 is 1.28 bits per heavy atom. The summed E-state index contributed by atoms with van der Waals surface area (Å²) in [7, 11) is 1.96. The van der Waals surface area contributed by atoms with Crippen molar-refractivity contribution in [2.24, 2.45) is 7.05 Å². The molecule has 3 rings (SSSR count). The third-order valence-corrected chi connectivity index (χ3v) is 4.45. The van der Waals surface area contributed by atoms with Crippen LogP contribution in [0.15, 0.2) is 30.6 Å². The Morgan fingerprint density at radius 2 is 2.00 bits per heavy atom. The number of hydrogen-bond acceptors (Lipinski definition) is 3. The molecular formula is C18H22ClN5O. The van der Waals surface area contributed by atoms with Gasteiger partial charge in [-0.2, -0.15) is 0 Å². The molecule has 2 aromatic heterocycles. The Balaban J connectivity index is 1.84. The predicted molar refractivity (Wildman–Crippen MR) is 98.8 cm³/mol. The average molecular weight is 360 g/mol. The molecular weight excluding hydrogens is 338 g/mol. The van der Waals surface area contributed by atoms with Crippen molar-refractivity contribution in [2.75, 3.05) is 0 Å². The zero-order valence-corrected chi connectivity index (χ0v) is 15.8. The average Bonchev–Trinajstić information content (AvgIpc) is 3.13. The van der Waals surface area contributed by atoms with Gasteiger partial charge in [-0.1, -0.05) is 22.9 Å². The maximum absolute atomic E-state index is 12.5. The number of halogens is 1. The number of carbonyl (C=O) groups excluding carboxylic acids is 1. The molecule has 0 aliphatic rings. The lowest BCUT2D eigenvalue weighted by Gasteiger charge is -2.17. The molecule has 25 heavy (non-hydrogen) atoms. The van der Waals surface area contributed by atoms with E-state index in [-0.39, 0.29) is 17.5 Å². The van der Waals surface area contributed by atoms with E-state index in [0.717, 1.165) is 16.5 Å². The fraction of sp³-hybridized carbons (Fsp3) is 0.389. The molecule has 0 fully saturated rings. The minimum Gasteiger partial charge on any atom is -0.350 e. The van der Waals surface area contributed by atoms with Crippen LogP contribution in [0.1, 0.15) is 49.8 Å². The molecule has 0 spiro atoms. The lowest BCUT2D eigenvalue weighted by molar-refractivity contribution is 0.0935. The highest BCUT2D eigenvalue weighted by Crippen LogP contribution is 2.28. The van der Waals surface area contributed by atoms with Crippen LogP contribution in [-0.2, 0) is 12.6 Å². The van der Waals surface area contributed by atoms with Crippen molar-refractivity contribution in [3.05, 3.63) is 46.9 Å². The van der Waals surface area contributed by atoms with E-state index in [2.05, 4.69) is 15.6 Å². The van der Waals surface area contributed by atoms with E-state index in [0.29, 0.717) is 10.7 Å². The van der Waals surface area contributed by atoms with E-state index in [9.17, 15) is 4.79 Å². The molecule has 0 aliphatic carbocycles. The van der Waals surface area contributed by atoms with Gasteiger partial charge in [0.2, 0.25) is 0 Å². The number of nitrogens with zero attached hydrogens (tertiary/aromatic N) is 4. The van der Waals surface area contributed by atoms with Crippen molar-refractivity contribution < 1.29 is 4.79 Å². The largest absolute Gasteiger partial charge is 0.350 e. The first-order chi connectivity index (χ1) is 11.7. The summed E-state index contributed by atoms with van der Waals surface area (Å²) in [4.78, 5) is 12.5. The highest BCUT2D eigenvalue weighted by Gasteiger charge is 2.21. The topological polar surface area (TPSA) is 64.7 Å². The van der Waals surface area contributed by atoms with Crippen molar-refractivity contribution in [1.82, 2.24) is 24.9 Å². The van der Waals surface area contributed by atoms with Crippen molar-refractivity contribution in [3.63, 3.8) is 0 Å². The predicted octanol–water partition coefficient (Wildman–Crippen LogP) is 3.67. The monoisotopic (exact) mass is 359 g/mol. The first-order valence-corrected chi connectivity index (χ1v) is 8.53. The summed E-state index contributed by atoms with van der Waals surface area (Å²) in [6, 6.07) is 5.59. The fourth-order valence-electron chi connectivity index (χ4n) is 2.78. The molecule has 0 bridgehead atoms. The molecule has 1 unspecified atom stereocenters. The van der Waals surface area contributed by atoms with Crippen molar-refractivity contribution >= 4 is 28.4 Å². The Morgan fingerprint density at radius 3 is 2.64 bits per heavy atom. The highest BCUT2D eigenvalue weighted by atomic mass is 35.5. The van der Waals surface area contributed by atoms with Crippen LogP contribution in [0.5, 0.6) is 0 Å². The van der Waals surface area contributed by atoms with Crippen LogP contribution in [0.4, 0.5) is 0 Å². The molecule has 1 aromatic carbocycles. The van der Waals surface area contributed by atoms with Crippen molar-refractivity contribution in [3.8, 4) is 0 Å². The van der Waals surface area contributed by atoms with Crippen LogP contribution in [0, 0.1) is 0 Å². The molecule has 1 amide bonds. The fourth-order valence-corrected chi connectivity index (χ4v) is 2.94. The maximum atomic E-state index is 12.5. The van der Waals surface area contributed by atoms with Gasteiger partial charge in [0.15, 0.2) is 5.69 Å². The number of rotatable bonds is 3. The van der Waals surface area contributed by atoms with Gasteiger partial charge >= 0.3 is 0 Å². The molecule has 0 radical (unpaired) electrons. The summed E-state index contributed by atoms with van der Waals surface area (Å²) in [5.41, 5.74) is 2.16. The Bertz CT molecular complexity index is 935. The minimum absolute atomic E-state index is 0.169. The molecule has 132 valence electrons. The number of carbonyl (C=O) groups is 1. The quantitative estimate of drug-likeness (QED) is 0.776. The highest BCUT2D eigenvalue weighted by molar-refractivity contribution is 6.31. The molecule has 0 saturated heterocycles. The van der Waals surface area contributed by atoms with E-state index in [1.54, 1.807) is 10.9 Å². The van der Waals surface area contributed by atoms with E-state index in [4.69, 9.17) is 11.6 Å². The summed E-state index contributed by atoms with van der Waals surface area (Å²) in [6.07, 6.45) is 3.68. The van der Waals surface area contributed by atoms with Gasteiger partial charge in [0.1, 0.15) is 0 Å². The van der Waals surface area contributed by atoms with Crippen LogP contribution in [0.3, 0.4) is 0 Å². The molecule has 6 nitrogen and oxygen atoms in total. The van der Waals surface area contributed by atoms with Crippen LogP contribution < -0.4 is 5.32 Å². The Kier molecular flexibility index (Phi) is 4.33. The van der Waals surface area contributed by atoms with Crippen molar-refractivity contribution in [1.29, 1.82) is 0 Å². The van der Waals surface area contributed by atoms with Gasteiger partial charge in [-0.05, 0) is 45.4 Å². The lowest BCUT2D eigenvalue weighted by Crippen LogP contribution is -2.27. The van der Waals surface area contributed by atoms with Crippen LogP contribution in [0.25, 0.3) is 10.9 Å². The second kappa shape index (κ2) is 6.19. The normalized spacial score (nSPS) is 13.2. The van der Waals surface area contributed by atoms with E-state index < -0.39 is 0 Å². The first-order valence-electron chi connectivity index (χ1n) is 8.15. The number of nitrogens with one attached hydrogen (secondary N) is 1. The minimum atomic E-state index is -0.242. The van der Waals surface area contributed by atoms with Gasteiger partial charge in [-0.15, -0.1) is 5.10 Å². The summed E-state index contributed by atoms with van der Waals surface area (Å²) in [6.45, 7) is 7.98. The Labute approximate surface area is 151 Å².